The van der Waals surface area contributed by atoms with Gasteiger partial charge < -0.3 is 10.3 Å². The Morgan fingerprint density at radius 1 is 1.26 bits per heavy atom. The van der Waals surface area contributed by atoms with Gasteiger partial charge in [0.25, 0.3) is 5.92 Å². The second-order valence-electron chi connectivity index (χ2n) is 5.43. The molecule has 23 heavy (non-hydrogen) atoms. The highest BCUT2D eigenvalue weighted by molar-refractivity contribution is 6.00. The van der Waals surface area contributed by atoms with Gasteiger partial charge in [0, 0.05) is 29.6 Å². The van der Waals surface area contributed by atoms with Gasteiger partial charge in [-0.1, -0.05) is 0 Å². The maximum absolute atomic E-state index is 14.1. The monoisotopic (exact) mass is 317 g/mol. The highest BCUT2D eigenvalue weighted by Crippen LogP contribution is 2.37. The van der Waals surface area contributed by atoms with E-state index in [9.17, 15) is 13.6 Å². The first-order chi connectivity index (χ1) is 10.7. The molecule has 0 bridgehead atoms. The average Bonchev–Trinajstić information content (AvgIpc) is 2.77. The summed E-state index contributed by atoms with van der Waals surface area (Å²) in [6.45, 7) is 3.60. The number of carbonyl (C=O) groups is 1. The lowest BCUT2D eigenvalue weighted by molar-refractivity contribution is 0.0159. The molecule has 120 valence electrons. The van der Waals surface area contributed by atoms with Gasteiger partial charge >= 0.3 is 0 Å². The second kappa shape index (κ2) is 5.94. The van der Waals surface area contributed by atoms with Crippen molar-refractivity contribution in [2.75, 3.05) is 6.54 Å². The highest BCUT2D eigenvalue weighted by atomic mass is 19.3. The Morgan fingerprint density at radius 2 is 1.83 bits per heavy atom. The van der Waals surface area contributed by atoms with Crippen LogP contribution in [0.25, 0.3) is 5.69 Å². The molecule has 0 saturated heterocycles. The zero-order valence-electron chi connectivity index (χ0n) is 13.2. The summed E-state index contributed by atoms with van der Waals surface area (Å²) in [5, 5.41) is 8.85. The Bertz CT molecular complexity index is 793. The number of hydrogen-bond donors (Lipinski definition) is 1. The minimum atomic E-state index is -3.16. The van der Waals surface area contributed by atoms with E-state index >= 15 is 0 Å². The van der Waals surface area contributed by atoms with Crippen molar-refractivity contribution in [3.05, 3.63) is 52.3 Å². The molecule has 0 unspecified atom stereocenters. The topological polar surface area (TPSA) is 71.8 Å². The van der Waals surface area contributed by atoms with E-state index in [1.165, 1.54) is 0 Å². The Kier molecular flexibility index (Phi) is 4.35. The molecule has 0 aliphatic heterocycles. The van der Waals surface area contributed by atoms with Gasteiger partial charge in [-0.25, -0.2) is 8.78 Å². The van der Waals surface area contributed by atoms with Gasteiger partial charge in [0.05, 0.1) is 23.7 Å². The number of nitriles is 1. The third kappa shape index (κ3) is 2.88. The van der Waals surface area contributed by atoms with Crippen LogP contribution in [-0.2, 0) is 5.92 Å². The number of hydrogen-bond acceptors (Lipinski definition) is 3. The molecule has 0 atom stereocenters. The predicted octanol–water partition coefficient (Wildman–Crippen LogP) is 3.22. The molecule has 0 spiro atoms. The molecule has 0 saturated carbocycles. The fraction of sp³-hybridized carbons (Fsp3) is 0.294. The minimum Gasteiger partial charge on any atom is -0.324 e. The quantitative estimate of drug-likeness (QED) is 0.880. The molecule has 0 fully saturated rings. The lowest BCUT2D eigenvalue weighted by Gasteiger charge is -2.13. The van der Waals surface area contributed by atoms with Crippen LogP contribution in [0.1, 0.15) is 39.8 Å². The fourth-order valence-electron chi connectivity index (χ4n) is 2.89. The number of halogens is 2. The number of carbonyl (C=O) groups excluding carboxylic acids is 1. The van der Waals surface area contributed by atoms with Crippen LogP contribution in [0.2, 0.25) is 0 Å². The van der Waals surface area contributed by atoms with Gasteiger partial charge in [0.2, 0.25) is 0 Å². The molecule has 4 nitrogen and oxygen atoms in total. The summed E-state index contributed by atoms with van der Waals surface area (Å²) in [6, 6.07) is 8.52. The summed E-state index contributed by atoms with van der Waals surface area (Å²) < 4.78 is 29.7. The smallest absolute Gasteiger partial charge is 0.272 e. The van der Waals surface area contributed by atoms with Gasteiger partial charge in [0.15, 0.2) is 5.78 Å². The van der Waals surface area contributed by atoms with Gasteiger partial charge in [-0.05, 0) is 38.1 Å². The highest BCUT2D eigenvalue weighted by Gasteiger charge is 2.36. The molecule has 2 aromatic rings. The first kappa shape index (κ1) is 16.8. The van der Waals surface area contributed by atoms with E-state index in [-0.39, 0.29) is 23.4 Å². The summed E-state index contributed by atoms with van der Waals surface area (Å²) in [5.74, 6) is -3.68. The molecule has 2 N–H and O–H groups in total. The normalized spacial score (nSPS) is 11.3. The Labute approximate surface area is 133 Å². The minimum absolute atomic E-state index is 0.0261. The van der Waals surface area contributed by atoms with Crippen LogP contribution in [0.5, 0.6) is 0 Å². The number of aromatic nitrogens is 1. The van der Waals surface area contributed by atoms with Crippen LogP contribution in [0.4, 0.5) is 8.78 Å². The van der Waals surface area contributed by atoms with Gasteiger partial charge in [-0.3, -0.25) is 4.79 Å². The Balaban J connectivity index is 2.77. The maximum Gasteiger partial charge on any atom is 0.272 e. The van der Waals surface area contributed by atoms with E-state index in [0.717, 1.165) is 6.92 Å². The summed E-state index contributed by atoms with van der Waals surface area (Å²) >= 11 is 0. The molecule has 0 radical (unpaired) electrons. The predicted molar refractivity (Wildman–Crippen MR) is 82.9 cm³/mol. The van der Waals surface area contributed by atoms with Gasteiger partial charge in [-0.2, -0.15) is 5.26 Å². The van der Waals surface area contributed by atoms with E-state index in [0.29, 0.717) is 16.9 Å². The third-order valence-corrected chi connectivity index (χ3v) is 3.80. The van der Waals surface area contributed by atoms with Crippen molar-refractivity contribution in [3.8, 4) is 11.8 Å². The molecule has 1 aromatic carbocycles. The lowest BCUT2D eigenvalue weighted by Crippen LogP contribution is -2.19. The number of nitrogens with zero attached hydrogens (tertiary/aromatic N) is 2. The van der Waals surface area contributed by atoms with Crippen LogP contribution in [0.15, 0.2) is 24.3 Å². The first-order valence-corrected chi connectivity index (χ1v) is 7.06. The van der Waals surface area contributed by atoms with E-state index in [4.69, 9.17) is 11.0 Å². The van der Waals surface area contributed by atoms with Crippen LogP contribution >= 0.6 is 0 Å². The van der Waals surface area contributed by atoms with Crippen LogP contribution in [0, 0.1) is 25.2 Å². The summed E-state index contributed by atoms with van der Waals surface area (Å²) in [6.07, 6.45) is 0. The molecule has 1 heterocycles. The summed E-state index contributed by atoms with van der Waals surface area (Å²) in [4.78, 5) is 12.1. The van der Waals surface area contributed by atoms with Gasteiger partial charge in [0.1, 0.15) is 0 Å². The fourth-order valence-corrected chi connectivity index (χ4v) is 2.89. The first-order valence-electron chi connectivity index (χ1n) is 7.06. The third-order valence-electron chi connectivity index (χ3n) is 3.80. The van der Waals surface area contributed by atoms with Crippen molar-refractivity contribution < 1.29 is 13.6 Å². The maximum atomic E-state index is 14.1. The van der Waals surface area contributed by atoms with Crippen LogP contribution in [0.3, 0.4) is 0 Å². The Hall–Kier alpha value is -2.52. The van der Waals surface area contributed by atoms with E-state index in [1.54, 1.807) is 42.7 Å². The molecular weight excluding hydrogens is 300 g/mol. The molecule has 0 aliphatic rings. The summed E-state index contributed by atoms with van der Waals surface area (Å²) in [5.41, 5.74) is 6.84. The zero-order chi connectivity index (χ0) is 17.4. The number of rotatable bonds is 4. The van der Waals surface area contributed by atoms with Crippen molar-refractivity contribution >= 4 is 5.78 Å². The van der Waals surface area contributed by atoms with E-state index in [2.05, 4.69) is 0 Å². The van der Waals surface area contributed by atoms with Crippen molar-refractivity contribution in [3.63, 3.8) is 0 Å². The van der Waals surface area contributed by atoms with E-state index in [1.807, 2.05) is 6.07 Å². The zero-order valence-corrected chi connectivity index (χ0v) is 13.2. The molecule has 2 rings (SSSR count). The molecule has 1 aromatic heterocycles. The molecular formula is C17H17F2N3O. The van der Waals surface area contributed by atoms with E-state index < -0.39 is 11.7 Å². The second-order valence-corrected chi connectivity index (χ2v) is 5.43. The molecule has 0 amide bonds. The van der Waals surface area contributed by atoms with Crippen LogP contribution < -0.4 is 5.73 Å². The standard InChI is InChI=1S/C17H17F2N3O/c1-10-15(14(23)9-21)16(17(3,18)19)11(2)22(10)13-6-4-12(8-20)5-7-13/h4-7H,9,21H2,1-3H3. The number of alkyl halides is 2. The van der Waals surface area contributed by atoms with Gasteiger partial charge in [-0.15, -0.1) is 0 Å². The number of benzene rings is 1. The summed E-state index contributed by atoms with van der Waals surface area (Å²) in [7, 11) is 0. The lowest BCUT2D eigenvalue weighted by atomic mass is 10.0. The molecule has 0 aliphatic carbocycles. The average molecular weight is 317 g/mol. The molecule has 6 heteroatoms. The van der Waals surface area contributed by atoms with Crippen molar-refractivity contribution in [1.82, 2.24) is 4.57 Å². The Morgan fingerprint density at radius 3 is 2.26 bits per heavy atom. The largest absolute Gasteiger partial charge is 0.324 e. The van der Waals surface area contributed by atoms with Crippen molar-refractivity contribution in [1.29, 1.82) is 5.26 Å². The van der Waals surface area contributed by atoms with Crippen LogP contribution in [-0.4, -0.2) is 16.9 Å². The number of nitrogens with two attached hydrogens (primary N) is 1. The van der Waals surface area contributed by atoms with Crippen molar-refractivity contribution in [2.24, 2.45) is 5.73 Å². The van der Waals surface area contributed by atoms with Crippen molar-refractivity contribution in [2.45, 2.75) is 26.7 Å². The SMILES string of the molecule is Cc1c(C(=O)CN)c(C(C)(F)F)c(C)n1-c1ccc(C#N)cc1. The number of Topliss-reactive ketones (excluding diaryl/α,β-unsaturated/α-hetero) is 1. The number of ketones is 1.